The first-order valence-corrected chi connectivity index (χ1v) is 16.7. The smallest absolute Gasteiger partial charge is 0.264 e. The van der Waals surface area contributed by atoms with Crippen molar-refractivity contribution in [1.29, 1.82) is 0 Å². The van der Waals surface area contributed by atoms with Gasteiger partial charge in [0, 0.05) is 19.2 Å². The summed E-state index contributed by atoms with van der Waals surface area (Å²) in [6.45, 7) is 6.38. The SMILES string of the molecule is CCCCNC(=O)[C@@H](CC)N(CCc1ccccc1)C(=O)CN(c1ccc(OCC)cc1)S(=O)(=O)c1ccc(OC)c(OC)c1. The molecule has 0 spiro atoms. The number of nitrogens with one attached hydrogen (secondary N) is 1. The number of carbonyl (C=O) groups is 2. The van der Waals surface area contributed by atoms with Crippen LogP contribution in [0.15, 0.2) is 77.7 Å². The zero-order valence-corrected chi connectivity index (χ0v) is 27.6. The lowest BCUT2D eigenvalue weighted by molar-refractivity contribution is -0.139. The summed E-state index contributed by atoms with van der Waals surface area (Å²) < 4.78 is 45.8. The van der Waals surface area contributed by atoms with Crippen LogP contribution in [0.25, 0.3) is 0 Å². The van der Waals surface area contributed by atoms with Crippen molar-refractivity contribution in [3.05, 3.63) is 78.4 Å². The van der Waals surface area contributed by atoms with Gasteiger partial charge in [0.15, 0.2) is 11.5 Å². The van der Waals surface area contributed by atoms with Gasteiger partial charge in [-0.15, -0.1) is 0 Å². The second-order valence-corrected chi connectivity index (χ2v) is 12.2. The Balaban J connectivity index is 2.04. The number of amides is 2. The number of methoxy groups -OCH3 is 2. The highest BCUT2D eigenvalue weighted by Gasteiger charge is 2.34. The van der Waals surface area contributed by atoms with Gasteiger partial charge in [0.1, 0.15) is 18.3 Å². The molecular weight excluding hydrogens is 594 g/mol. The molecule has 11 heteroatoms. The number of benzene rings is 3. The molecule has 0 bridgehead atoms. The molecule has 0 fully saturated rings. The average molecular weight is 640 g/mol. The van der Waals surface area contributed by atoms with Gasteiger partial charge in [0.25, 0.3) is 10.0 Å². The lowest BCUT2D eigenvalue weighted by Gasteiger charge is -2.33. The number of hydrogen-bond acceptors (Lipinski definition) is 7. The fourth-order valence-electron chi connectivity index (χ4n) is 4.91. The molecule has 0 heterocycles. The Morgan fingerprint density at radius 1 is 0.889 bits per heavy atom. The molecule has 1 atom stereocenters. The minimum atomic E-state index is -4.29. The Morgan fingerprint density at radius 2 is 1.58 bits per heavy atom. The molecule has 0 aromatic heterocycles. The molecule has 1 N–H and O–H groups in total. The van der Waals surface area contributed by atoms with Gasteiger partial charge in [-0.3, -0.25) is 13.9 Å². The number of unbranched alkanes of at least 4 members (excludes halogenated alkanes) is 1. The van der Waals surface area contributed by atoms with E-state index in [1.54, 1.807) is 24.3 Å². The van der Waals surface area contributed by atoms with Gasteiger partial charge in [-0.2, -0.15) is 0 Å². The first kappa shape index (κ1) is 35.2. The van der Waals surface area contributed by atoms with E-state index in [0.717, 1.165) is 22.7 Å². The highest BCUT2D eigenvalue weighted by Crippen LogP contribution is 2.33. The highest BCUT2D eigenvalue weighted by molar-refractivity contribution is 7.92. The molecule has 0 aliphatic heterocycles. The van der Waals surface area contributed by atoms with E-state index in [2.05, 4.69) is 5.32 Å². The predicted molar refractivity (Wildman–Crippen MR) is 176 cm³/mol. The Bertz CT molecular complexity index is 1480. The Kier molecular flexibility index (Phi) is 13.5. The van der Waals surface area contributed by atoms with Crippen molar-refractivity contribution in [2.45, 2.75) is 57.4 Å². The summed E-state index contributed by atoms with van der Waals surface area (Å²) in [6, 6.07) is 19.7. The van der Waals surface area contributed by atoms with E-state index in [-0.39, 0.29) is 28.8 Å². The molecule has 0 radical (unpaired) electrons. The Morgan fingerprint density at radius 3 is 2.18 bits per heavy atom. The summed E-state index contributed by atoms with van der Waals surface area (Å²) in [5, 5.41) is 2.95. The quantitative estimate of drug-likeness (QED) is 0.194. The third-order valence-corrected chi connectivity index (χ3v) is 9.13. The highest BCUT2D eigenvalue weighted by atomic mass is 32.2. The third kappa shape index (κ3) is 9.37. The molecule has 0 saturated heterocycles. The van der Waals surface area contributed by atoms with E-state index in [4.69, 9.17) is 14.2 Å². The van der Waals surface area contributed by atoms with Crippen LogP contribution in [0.4, 0.5) is 5.69 Å². The number of hydrogen-bond donors (Lipinski definition) is 1. The van der Waals surface area contributed by atoms with Crippen LogP contribution < -0.4 is 23.8 Å². The summed E-state index contributed by atoms with van der Waals surface area (Å²) in [5.41, 5.74) is 1.27. The van der Waals surface area contributed by atoms with Crippen LogP contribution in [0.1, 0.15) is 45.6 Å². The van der Waals surface area contributed by atoms with Crippen molar-refractivity contribution in [3.63, 3.8) is 0 Å². The molecule has 0 aliphatic rings. The maximum atomic E-state index is 14.2. The maximum absolute atomic E-state index is 14.2. The molecule has 244 valence electrons. The van der Waals surface area contributed by atoms with Gasteiger partial charge in [-0.25, -0.2) is 8.42 Å². The Hall–Kier alpha value is -4.25. The van der Waals surface area contributed by atoms with E-state index in [1.807, 2.05) is 51.1 Å². The second-order valence-electron chi connectivity index (χ2n) is 10.3. The fourth-order valence-corrected chi connectivity index (χ4v) is 6.34. The zero-order valence-electron chi connectivity index (χ0n) is 26.8. The molecule has 3 aromatic carbocycles. The predicted octanol–water partition coefficient (Wildman–Crippen LogP) is 5.06. The molecule has 0 aliphatic carbocycles. The van der Waals surface area contributed by atoms with Crippen molar-refractivity contribution in [2.75, 3.05) is 44.8 Å². The fraction of sp³-hybridized carbons (Fsp3) is 0.412. The van der Waals surface area contributed by atoms with Gasteiger partial charge in [0.2, 0.25) is 11.8 Å². The summed E-state index contributed by atoms with van der Waals surface area (Å²) in [6.07, 6.45) is 2.59. The van der Waals surface area contributed by atoms with Crippen molar-refractivity contribution >= 4 is 27.5 Å². The summed E-state index contributed by atoms with van der Waals surface area (Å²) in [4.78, 5) is 29.0. The number of ether oxygens (including phenoxy) is 3. The minimum absolute atomic E-state index is 0.0815. The topological polar surface area (TPSA) is 114 Å². The van der Waals surface area contributed by atoms with Gasteiger partial charge in [-0.05, 0) is 68.1 Å². The van der Waals surface area contributed by atoms with Crippen molar-refractivity contribution in [1.82, 2.24) is 10.2 Å². The lowest BCUT2D eigenvalue weighted by atomic mass is 10.1. The summed E-state index contributed by atoms with van der Waals surface area (Å²) >= 11 is 0. The molecule has 0 saturated carbocycles. The monoisotopic (exact) mass is 639 g/mol. The van der Waals surface area contributed by atoms with Crippen molar-refractivity contribution < 1.29 is 32.2 Å². The van der Waals surface area contributed by atoms with E-state index >= 15 is 0 Å². The lowest BCUT2D eigenvalue weighted by Crippen LogP contribution is -2.53. The molecule has 3 rings (SSSR count). The first-order valence-electron chi connectivity index (χ1n) is 15.3. The number of rotatable bonds is 18. The third-order valence-electron chi connectivity index (χ3n) is 7.36. The molecule has 0 unspecified atom stereocenters. The van der Waals surface area contributed by atoms with Gasteiger partial charge < -0.3 is 24.4 Å². The molecule has 45 heavy (non-hydrogen) atoms. The Labute approximate surface area is 267 Å². The van der Waals surface area contributed by atoms with Crippen LogP contribution in [-0.4, -0.2) is 71.6 Å². The van der Waals surface area contributed by atoms with E-state index < -0.39 is 28.5 Å². The van der Waals surface area contributed by atoms with Crippen LogP contribution in [0.5, 0.6) is 17.2 Å². The number of carbonyl (C=O) groups excluding carboxylic acids is 2. The molecule has 10 nitrogen and oxygen atoms in total. The number of sulfonamides is 1. The van der Waals surface area contributed by atoms with Crippen LogP contribution in [0.3, 0.4) is 0 Å². The maximum Gasteiger partial charge on any atom is 0.264 e. The van der Waals surface area contributed by atoms with E-state index in [9.17, 15) is 18.0 Å². The summed E-state index contributed by atoms with van der Waals surface area (Å²) in [5.74, 6) is 0.405. The van der Waals surface area contributed by atoms with Crippen LogP contribution >= 0.6 is 0 Å². The second kappa shape index (κ2) is 17.3. The normalized spacial score (nSPS) is 11.8. The van der Waals surface area contributed by atoms with Gasteiger partial charge in [0.05, 0.1) is 31.4 Å². The van der Waals surface area contributed by atoms with Crippen LogP contribution in [-0.2, 0) is 26.0 Å². The molecule has 3 aromatic rings. The minimum Gasteiger partial charge on any atom is -0.494 e. The first-order chi connectivity index (χ1) is 21.7. The van der Waals surface area contributed by atoms with E-state index in [1.165, 1.54) is 37.3 Å². The van der Waals surface area contributed by atoms with Crippen LogP contribution in [0, 0.1) is 0 Å². The van der Waals surface area contributed by atoms with Crippen molar-refractivity contribution in [2.24, 2.45) is 0 Å². The average Bonchev–Trinajstić information content (AvgIpc) is 3.06. The number of anilines is 1. The van der Waals surface area contributed by atoms with Crippen LogP contribution in [0.2, 0.25) is 0 Å². The molecular formula is C34H45N3O7S. The van der Waals surface area contributed by atoms with Gasteiger partial charge >= 0.3 is 0 Å². The zero-order chi connectivity index (χ0) is 32.8. The standard InChI is InChI=1S/C34H45N3O7S/c1-6-9-22-35-34(39)30(7-2)36(23-21-26-13-11-10-12-14-26)33(38)25-37(27-15-17-28(18-16-27)44-8-3)45(40,41)29-19-20-31(42-4)32(24-29)43-5/h10-20,24,30H,6-9,21-23,25H2,1-5H3,(H,35,39)/t30-/m1/s1. The largest absolute Gasteiger partial charge is 0.494 e. The van der Waals surface area contributed by atoms with Gasteiger partial charge in [-0.1, -0.05) is 50.6 Å². The number of nitrogens with zero attached hydrogens (tertiary/aromatic N) is 2. The molecule has 2 amide bonds. The van der Waals surface area contributed by atoms with E-state index in [0.29, 0.717) is 37.5 Å². The summed E-state index contributed by atoms with van der Waals surface area (Å²) in [7, 11) is -1.41. The van der Waals surface area contributed by atoms with Crippen molar-refractivity contribution in [3.8, 4) is 17.2 Å².